The van der Waals surface area contributed by atoms with Gasteiger partial charge in [0.1, 0.15) is 30.2 Å². The molecule has 198 valence electrons. The van der Waals surface area contributed by atoms with E-state index in [-0.39, 0.29) is 17.8 Å². The van der Waals surface area contributed by atoms with Crippen LogP contribution in [-0.2, 0) is 24.0 Å². The van der Waals surface area contributed by atoms with E-state index in [0.717, 1.165) is 0 Å². The van der Waals surface area contributed by atoms with Gasteiger partial charge in [-0.3, -0.25) is 24.0 Å². The molecule has 7 atom stereocenters. The molecule has 0 unspecified atom stereocenters. The molecule has 12 heteroatoms. The molecule has 2 bridgehead atoms. The summed E-state index contributed by atoms with van der Waals surface area (Å²) in [5, 5.41) is 13.9. The lowest BCUT2D eigenvalue weighted by atomic mass is 9.94. The lowest BCUT2D eigenvalue weighted by Crippen LogP contribution is -2.60. The van der Waals surface area contributed by atoms with Crippen molar-refractivity contribution in [2.75, 3.05) is 11.5 Å². The predicted molar refractivity (Wildman–Crippen MR) is 138 cm³/mol. The Balaban J connectivity index is 2.51. The quantitative estimate of drug-likeness (QED) is 0.327. The molecule has 35 heavy (non-hydrogen) atoms. The maximum Gasteiger partial charge on any atom is 0.244 e. The summed E-state index contributed by atoms with van der Waals surface area (Å²) in [6.07, 6.45) is 1.24. The molecule has 0 aromatic rings. The maximum atomic E-state index is 13.4. The average Bonchev–Trinajstić information content (AvgIpc) is 2.81. The number of amides is 5. The fourth-order valence-electron chi connectivity index (χ4n) is 3.81. The van der Waals surface area contributed by atoms with E-state index >= 15 is 0 Å². The Morgan fingerprint density at radius 3 is 1.37 bits per heavy atom. The van der Waals surface area contributed by atoms with Gasteiger partial charge in [-0.05, 0) is 17.8 Å². The van der Waals surface area contributed by atoms with Gasteiger partial charge in [-0.15, -0.1) is 0 Å². The number of hydrogen-bond acceptors (Lipinski definition) is 7. The van der Waals surface area contributed by atoms with Crippen molar-refractivity contribution in [2.45, 2.75) is 84.6 Å². The fourth-order valence-corrected chi connectivity index (χ4v) is 6.14. The van der Waals surface area contributed by atoms with Crippen molar-refractivity contribution in [1.82, 2.24) is 26.6 Å². The first-order valence-corrected chi connectivity index (χ1v) is 14.7. The van der Waals surface area contributed by atoms with Gasteiger partial charge in [0.2, 0.25) is 29.5 Å². The molecule has 0 aliphatic carbocycles. The highest BCUT2D eigenvalue weighted by Crippen LogP contribution is 2.25. The number of carbonyl (C=O) groups is 5. The van der Waals surface area contributed by atoms with Crippen LogP contribution in [0.3, 0.4) is 0 Å². The van der Waals surface area contributed by atoms with E-state index in [4.69, 9.17) is 0 Å². The fraction of sp³-hybridized carbons (Fsp3) is 0.783. The zero-order valence-corrected chi connectivity index (χ0v) is 22.9. The largest absolute Gasteiger partial charge is 0.342 e. The van der Waals surface area contributed by atoms with E-state index in [1.807, 2.05) is 27.7 Å². The Morgan fingerprint density at radius 2 is 0.943 bits per heavy atom. The Kier molecular flexibility index (Phi) is 11.2. The van der Waals surface area contributed by atoms with Crippen LogP contribution in [0.2, 0.25) is 0 Å². The van der Waals surface area contributed by atoms with Crippen LogP contribution in [0.5, 0.6) is 0 Å². The summed E-state index contributed by atoms with van der Waals surface area (Å²) in [6.45, 7) is 11.1. The minimum absolute atomic E-state index is 0.207. The number of nitrogens with one attached hydrogen (secondary N) is 5. The molecule has 2 saturated heterocycles. The summed E-state index contributed by atoms with van der Waals surface area (Å²) in [7, 11) is 2.80. The van der Waals surface area contributed by atoms with Crippen LogP contribution in [0, 0.1) is 17.8 Å². The minimum atomic E-state index is -0.895. The SMILES string of the molecule is CC[C@@H](C)[C@H]1NC(=O)[C@H](C(C)C)NC(=O)[C@H]2CSSC[C@@H](NC(=O)[C@H]([C@@H](C)CC)NC1=O)C(=O)N2. The van der Waals surface area contributed by atoms with E-state index in [1.54, 1.807) is 13.8 Å². The Bertz CT molecular complexity index is 811. The molecule has 0 aromatic heterocycles. The number of hydrogen-bond donors (Lipinski definition) is 5. The molecular weight excluding hydrogens is 490 g/mol. The standard InChI is InChI=1S/C23H39N5O5S2/c1-7-12(5)17-22(32)25-14-9-34-35-10-15(24-19(14)29)20(30)26-16(11(3)4)21(31)27-18(13(6)8-2)23(33)28-17/h11-18H,7-10H2,1-6H3,(H,24,29)(H,25,32)(H,26,30)(H,27,31)(H,28,33)/t12-,13+,14+,15+,16-,17-,18+/m0/s1. The van der Waals surface area contributed by atoms with Crippen LogP contribution < -0.4 is 26.6 Å². The van der Waals surface area contributed by atoms with Crippen LogP contribution in [-0.4, -0.2) is 71.3 Å². The van der Waals surface area contributed by atoms with E-state index in [0.29, 0.717) is 24.3 Å². The first kappa shape index (κ1) is 29.3. The number of carbonyl (C=O) groups excluding carboxylic acids is 5. The Morgan fingerprint density at radius 1 is 0.600 bits per heavy atom. The third-order valence-corrected chi connectivity index (χ3v) is 9.07. The Hall–Kier alpha value is -1.95. The lowest BCUT2D eigenvalue weighted by molar-refractivity contribution is -0.135. The molecule has 2 rings (SSSR count). The smallest absolute Gasteiger partial charge is 0.244 e. The van der Waals surface area contributed by atoms with Gasteiger partial charge in [-0.1, -0.05) is 76.0 Å². The summed E-state index contributed by atoms with van der Waals surface area (Å²) < 4.78 is 0. The van der Waals surface area contributed by atoms with Crippen molar-refractivity contribution < 1.29 is 24.0 Å². The van der Waals surface area contributed by atoms with Crippen molar-refractivity contribution in [3.05, 3.63) is 0 Å². The third kappa shape index (κ3) is 7.77. The Labute approximate surface area is 215 Å². The lowest BCUT2D eigenvalue weighted by Gasteiger charge is -2.30. The summed E-state index contributed by atoms with van der Waals surface area (Å²) >= 11 is 0. The molecule has 0 aromatic carbocycles. The highest BCUT2D eigenvalue weighted by Gasteiger charge is 2.38. The zero-order chi connectivity index (χ0) is 26.3. The van der Waals surface area contributed by atoms with Crippen molar-refractivity contribution in [3.8, 4) is 0 Å². The van der Waals surface area contributed by atoms with Gasteiger partial charge in [-0.2, -0.15) is 0 Å². The van der Waals surface area contributed by atoms with Gasteiger partial charge in [0.25, 0.3) is 0 Å². The van der Waals surface area contributed by atoms with Crippen molar-refractivity contribution in [2.24, 2.45) is 17.8 Å². The molecule has 5 amide bonds. The van der Waals surface area contributed by atoms with Crippen molar-refractivity contribution >= 4 is 51.1 Å². The summed E-state index contributed by atoms with van der Waals surface area (Å²) in [4.78, 5) is 65.9. The second-order valence-electron chi connectivity index (χ2n) is 9.67. The molecule has 2 fully saturated rings. The second-order valence-corrected chi connectivity index (χ2v) is 12.2. The summed E-state index contributed by atoms with van der Waals surface area (Å²) in [6, 6.07) is -4.39. The number of fused-ring (bicyclic) bond motifs is 3. The van der Waals surface area contributed by atoms with Gasteiger partial charge in [0, 0.05) is 11.5 Å². The van der Waals surface area contributed by atoms with E-state index in [1.165, 1.54) is 21.6 Å². The monoisotopic (exact) mass is 529 g/mol. The van der Waals surface area contributed by atoms with E-state index < -0.39 is 59.7 Å². The van der Waals surface area contributed by atoms with Gasteiger partial charge in [-0.25, -0.2) is 0 Å². The normalized spacial score (nSPS) is 30.9. The zero-order valence-electron chi connectivity index (χ0n) is 21.3. The molecule has 0 spiro atoms. The highest BCUT2D eigenvalue weighted by atomic mass is 33.1. The minimum Gasteiger partial charge on any atom is -0.342 e. The van der Waals surface area contributed by atoms with Gasteiger partial charge in [0.15, 0.2) is 0 Å². The number of rotatable bonds is 5. The van der Waals surface area contributed by atoms with Gasteiger partial charge < -0.3 is 26.6 Å². The molecule has 10 nitrogen and oxygen atoms in total. The van der Waals surface area contributed by atoms with Crippen LogP contribution in [0.1, 0.15) is 54.4 Å². The molecule has 2 aliphatic rings. The van der Waals surface area contributed by atoms with E-state index in [2.05, 4.69) is 26.6 Å². The molecule has 0 radical (unpaired) electrons. The van der Waals surface area contributed by atoms with Crippen LogP contribution in [0.15, 0.2) is 0 Å². The third-order valence-electron chi connectivity index (χ3n) is 6.65. The summed E-state index contributed by atoms with van der Waals surface area (Å²) in [5.41, 5.74) is 0. The predicted octanol–water partition coefficient (Wildman–Crippen LogP) is 0.567. The first-order valence-electron chi connectivity index (χ1n) is 12.3. The molecule has 0 saturated carbocycles. The molecule has 2 heterocycles. The van der Waals surface area contributed by atoms with Crippen LogP contribution in [0.25, 0.3) is 0 Å². The second kappa shape index (κ2) is 13.4. The topological polar surface area (TPSA) is 146 Å². The van der Waals surface area contributed by atoms with Crippen molar-refractivity contribution in [3.63, 3.8) is 0 Å². The van der Waals surface area contributed by atoms with Crippen LogP contribution >= 0.6 is 21.6 Å². The maximum absolute atomic E-state index is 13.4. The summed E-state index contributed by atoms with van der Waals surface area (Å²) in [5.74, 6) is -2.41. The molecule has 2 aliphatic heterocycles. The molecule has 5 N–H and O–H groups in total. The highest BCUT2D eigenvalue weighted by molar-refractivity contribution is 8.76. The van der Waals surface area contributed by atoms with Gasteiger partial charge >= 0.3 is 0 Å². The van der Waals surface area contributed by atoms with Crippen LogP contribution in [0.4, 0.5) is 0 Å². The molecular formula is C23H39N5O5S2. The van der Waals surface area contributed by atoms with E-state index in [9.17, 15) is 24.0 Å². The van der Waals surface area contributed by atoms with Crippen molar-refractivity contribution in [1.29, 1.82) is 0 Å². The van der Waals surface area contributed by atoms with Gasteiger partial charge in [0.05, 0.1) is 0 Å². The first-order chi connectivity index (χ1) is 16.5. The average molecular weight is 530 g/mol.